The monoisotopic (exact) mass is 464 g/mol. The van der Waals surface area contributed by atoms with Gasteiger partial charge in [-0.2, -0.15) is 0 Å². The van der Waals surface area contributed by atoms with Crippen molar-refractivity contribution >= 4 is 83.1 Å². The number of aromatic nitrogens is 4. The summed E-state index contributed by atoms with van der Waals surface area (Å²) >= 11 is 0. The van der Waals surface area contributed by atoms with Crippen LogP contribution in [-0.2, 0) is 12.8 Å². The number of aromatic amines is 2. The number of nitrogens with two attached hydrogens (primary N) is 2. The minimum absolute atomic E-state index is 0. The van der Waals surface area contributed by atoms with Crippen LogP contribution in [0.25, 0.3) is 22.1 Å². The lowest BCUT2D eigenvalue weighted by molar-refractivity contribution is 0.698. The van der Waals surface area contributed by atoms with Crippen molar-refractivity contribution < 1.29 is 0 Å². The van der Waals surface area contributed by atoms with E-state index in [-0.39, 0.29) is 49.6 Å². The van der Waals surface area contributed by atoms with Crippen molar-refractivity contribution in [3.8, 4) is 0 Å². The third-order valence-electron chi connectivity index (χ3n) is 4.19. The van der Waals surface area contributed by atoms with E-state index in [0.29, 0.717) is 0 Å². The van der Waals surface area contributed by atoms with Gasteiger partial charge in [0.1, 0.15) is 11.6 Å². The van der Waals surface area contributed by atoms with Crippen LogP contribution in [0.1, 0.15) is 24.5 Å². The average molecular weight is 466 g/mol. The number of unbranched alkanes of at least 4 members (excludes halogenated alkanes) is 1. The van der Waals surface area contributed by atoms with Gasteiger partial charge in [-0.15, -0.1) is 49.6 Å². The molecule has 0 saturated heterocycles. The fourth-order valence-electron chi connectivity index (χ4n) is 2.98. The molecule has 6 nitrogen and oxygen atoms in total. The molecule has 4 rings (SSSR count). The van der Waals surface area contributed by atoms with Gasteiger partial charge in [0.05, 0.1) is 22.1 Å². The number of fused-ring (bicyclic) bond motifs is 2. The highest BCUT2D eigenvalue weighted by atomic mass is 35.5. The summed E-state index contributed by atoms with van der Waals surface area (Å²) in [5, 5.41) is 0. The fourth-order valence-corrected chi connectivity index (χ4v) is 2.98. The van der Waals surface area contributed by atoms with Crippen LogP contribution in [0.2, 0.25) is 0 Å². The van der Waals surface area contributed by atoms with E-state index in [2.05, 4.69) is 19.9 Å². The van der Waals surface area contributed by atoms with Crippen molar-refractivity contribution in [2.24, 2.45) is 0 Å². The maximum Gasteiger partial charge on any atom is 0.107 e. The molecule has 2 aromatic heterocycles. The lowest BCUT2D eigenvalue weighted by Crippen LogP contribution is -1.92. The number of imidazole rings is 2. The van der Waals surface area contributed by atoms with Gasteiger partial charge >= 0.3 is 0 Å². The van der Waals surface area contributed by atoms with Crippen molar-refractivity contribution in [2.75, 3.05) is 11.5 Å². The lowest BCUT2D eigenvalue weighted by Gasteiger charge is -1.97. The highest BCUT2D eigenvalue weighted by Crippen LogP contribution is 2.18. The number of H-pyrrole nitrogens is 2. The lowest BCUT2D eigenvalue weighted by atomic mass is 10.2. The Hall–Kier alpha value is -1.86. The molecule has 0 aliphatic heterocycles. The largest absolute Gasteiger partial charge is 0.399 e. The number of nitrogens with zero attached hydrogens (tertiary/aromatic N) is 2. The fraction of sp³-hybridized carbons (Fsp3) is 0.222. The average Bonchev–Trinajstić information content (AvgIpc) is 3.13. The Labute approximate surface area is 187 Å². The van der Waals surface area contributed by atoms with Gasteiger partial charge in [0, 0.05) is 24.2 Å². The molecule has 0 bridgehead atoms. The highest BCUT2D eigenvalue weighted by Gasteiger charge is 2.05. The van der Waals surface area contributed by atoms with Crippen LogP contribution in [0.3, 0.4) is 0 Å². The molecule has 0 unspecified atom stereocenters. The summed E-state index contributed by atoms with van der Waals surface area (Å²) in [5.74, 6) is 2.01. The molecule has 2 heterocycles. The third-order valence-corrected chi connectivity index (χ3v) is 4.19. The maximum atomic E-state index is 5.79. The Morgan fingerprint density at radius 2 is 1.04 bits per heavy atom. The molecule has 6 N–H and O–H groups in total. The van der Waals surface area contributed by atoms with Crippen LogP contribution in [0.4, 0.5) is 11.4 Å². The van der Waals surface area contributed by atoms with Crippen LogP contribution in [-0.4, -0.2) is 19.9 Å². The minimum atomic E-state index is 0. The summed E-state index contributed by atoms with van der Waals surface area (Å²) < 4.78 is 0. The van der Waals surface area contributed by atoms with Gasteiger partial charge in [-0.05, 0) is 49.2 Å². The van der Waals surface area contributed by atoms with Gasteiger partial charge in [0.2, 0.25) is 0 Å². The zero-order valence-electron chi connectivity index (χ0n) is 15.0. The first kappa shape index (κ1) is 26.1. The Morgan fingerprint density at radius 3 is 1.43 bits per heavy atom. The predicted octanol–water partition coefficient (Wildman–Crippen LogP) is 4.86. The number of hydrogen-bond acceptors (Lipinski definition) is 4. The molecule has 0 radical (unpaired) electrons. The van der Waals surface area contributed by atoms with Gasteiger partial charge in [0.15, 0.2) is 0 Å². The van der Waals surface area contributed by atoms with Gasteiger partial charge in [-0.3, -0.25) is 0 Å². The van der Waals surface area contributed by atoms with E-state index in [0.717, 1.165) is 70.8 Å². The minimum Gasteiger partial charge on any atom is -0.399 e. The smallest absolute Gasteiger partial charge is 0.107 e. The van der Waals surface area contributed by atoms with E-state index in [1.807, 2.05) is 36.4 Å². The molecule has 10 heteroatoms. The SMILES string of the molecule is Cl.Cl.Cl.Cl.Nc1ccc2nc(CCCCc3nc4ccc(N)cc4[nH]3)[nH]c2c1. The highest BCUT2D eigenvalue weighted by molar-refractivity contribution is 5.86. The van der Waals surface area contributed by atoms with Crippen LogP contribution >= 0.6 is 49.6 Å². The number of halogens is 4. The molecule has 4 aromatic rings. The number of hydrogen-bond donors (Lipinski definition) is 4. The topological polar surface area (TPSA) is 109 Å². The summed E-state index contributed by atoms with van der Waals surface area (Å²) in [4.78, 5) is 15.9. The zero-order chi connectivity index (χ0) is 16.5. The van der Waals surface area contributed by atoms with Crippen LogP contribution in [0, 0.1) is 0 Å². The number of benzene rings is 2. The summed E-state index contributed by atoms with van der Waals surface area (Å²) in [6.07, 6.45) is 3.94. The number of nitrogen functional groups attached to an aromatic ring is 2. The quantitative estimate of drug-likeness (QED) is 0.249. The Balaban J connectivity index is 0.00000182. The molecule has 2 aromatic carbocycles. The first-order chi connectivity index (χ1) is 11.7. The van der Waals surface area contributed by atoms with Gasteiger partial charge in [-0.1, -0.05) is 0 Å². The van der Waals surface area contributed by atoms with Crippen molar-refractivity contribution in [3.63, 3.8) is 0 Å². The number of aryl methyl sites for hydroxylation is 2. The predicted molar refractivity (Wildman–Crippen MR) is 127 cm³/mol. The van der Waals surface area contributed by atoms with Crippen LogP contribution in [0.5, 0.6) is 0 Å². The van der Waals surface area contributed by atoms with E-state index in [4.69, 9.17) is 11.5 Å². The number of anilines is 2. The van der Waals surface area contributed by atoms with E-state index in [1.165, 1.54) is 0 Å². The normalized spacial score (nSPS) is 9.86. The molecule has 0 aliphatic rings. The van der Waals surface area contributed by atoms with Crippen molar-refractivity contribution in [1.29, 1.82) is 0 Å². The molecule has 0 spiro atoms. The summed E-state index contributed by atoms with van der Waals surface area (Å²) in [6, 6.07) is 11.5. The molecule has 0 fully saturated rings. The molecule has 0 amide bonds. The third kappa shape index (κ3) is 5.82. The number of nitrogens with one attached hydrogen (secondary N) is 2. The van der Waals surface area contributed by atoms with Crippen LogP contribution < -0.4 is 11.5 Å². The first-order valence-electron chi connectivity index (χ1n) is 8.15. The zero-order valence-corrected chi connectivity index (χ0v) is 18.2. The van der Waals surface area contributed by atoms with Crippen molar-refractivity contribution in [2.45, 2.75) is 25.7 Å². The maximum absolute atomic E-state index is 5.79. The first-order valence-corrected chi connectivity index (χ1v) is 8.15. The van der Waals surface area contributed by atoms with Crippen LogP contribution in [0.15, 0.2) is 36.4 Å². The van der Waals surface area contributed by atoms with E-state index < -0.39 is 0 Å². The molecule has 0 aliphatic carbocycles. The second-order valence-electron chi connectivity index (χ2n) is 6.13. The second-order valence-corrected chi connectivity index (χ2v) is 6.13. The second kappa shape index (κ2) is 11.2. The molecule has 0 atom stereocenters. The summed E-state index contributed by atoms with van der Waals surface area (Å²) in [5.41, 5.74) is 17.0. The standard InChI is InChI=1S/C18H20N6.4ClH/c19-11-5-7-13-15(9-11)23-17(21-13)3-1-2-4-18-22-14-8-6-12(20)10-16(14)24-18;;;;/h5-10H,1-4,19-20H2,(H,21,23)(H,22,24);4*1H. The molecule has 0 saturated carbocycles. The molecule has 28 heavy (non-hydrogen) atoms. The Kier molecular flexibility index (Phi) is 10.5. The van der Waals surface area contributed by atoms with E-state index >= 15 is 0 Å². The van der Waals surface area contributed by atoms with Crippen molar-refractivity contribution in [1.82, 2.24) is 19.9 Å². The van der Waals surface area contributed by atoms with E-state index in [1.54, 1.807) is 0 Å². The summed E-state index contributed by atoms with van der Waals surface area (Å²) in [6.45, 7) is 0. The Bertz CT molecular complexity index is 932. The summed E-state index contributed by atoms with van der Waals surface area (Å²) in [7, 11) is 0. The van der Waals surface area contributed by atoms with Gasteiger partial charge in [0.25, 0.3) is 0 Å². The van der Waals surface area contributed by atoms with Gasteiger partial charge in [-0.25, -0.2) is 9.97 Å². The molecular formula is C18H24Cl4N6. The molecular weight excluding hydrogens is 442 g/mol. The van der Waals surface area contributed by atoms with Gasteiger partial charge < -0.3 is 21.4 Å². The van der Waals surface area contributed by atoms with Crippen molar-refractivity contribution in [3.05, 3.63) is 48.0 Å². The molecule has 154 valence electrons. The Morgan fingerprint density at radius 1 is 0.643 bits per heavy atom. The van der Waals surface area contributed by atoms with E-state index in [9.17, 15) is 0 Å². The number of rotatable bonds is 5.